The molecule has 1 saturated heterocycles. The Kier molecular flexibility index (Phi) is 5.84. The van der Waals surface area contributed by atoms with Crippen molar-refractivity contribution in [2.75, 3.05) is 26.2 Å². The maximum Gasteiger partial charge on any atom is 0.334 e. The molecule has 1 aliphatic rings. The fourth-order valence-corrected chi connectivity index (χ4v) is 5.26. The molecule has 30 heavy (non-hydrogen) atoms. The third kappa shape index (κ3) is 4.09. The molecule has 1 fully saturated rings. The number of sulfonamides is 1. The summed E-state index contributed by atoms with van der Waals surface area (Å²) < 4.78 is 30.4. The van der Waals surface area contributed by atoms with Crippen LogP contribution in [0.1, 0.15) is 5.69 Å². The van der Waals surface area contributed by atoms with Gasteiger partial charge in [-0.1, -0.05) is 29.8 Å². The number of benzene rings is 2. The largest absolute Gasteiger partial charge is 0.334 e. The van der Waals surface area contributed by atoms with Gasteiger partial charge in [0.1, 0.15) is 0 Å². The van der Waals surface area contributed by atoms with E-state index < -0.39 is 10.0 Å². The Morgan fingerprint density at radius 2 is 1.57 bits per heavy atom. The molecular weight excluding hydrogens is 424 g/mol. The minimum absolute atomic E-state index is 0.130. The quantitative estimate of drug-likeness (QED) is 0.604. The highest BCUT2D eigenvalue weighted by Gasteiger charge is 2.28. The Morgan fingerprint density at radius 3 is 2.20 bits per heavy atom. The second-order valence-electron chi connectivity index (χ2n) is 7.31. The first kappa shape index (κ1) is 20.9. The summed E-state index contributed by atoms with van der Waals surface area (Å²) >= 11 is 5.95. The van der Waals surface area contributed by atoms with Gasteiger partial charge < -0.3 is 0 Å². The lowest BCUT2D eigenvalue weighted by Gasteiger charge is -2.33. The molecule has 0 aliphatic carbocycles. The first-order chi connectivity index (χ1) is 14.4. The summed E-state index contributed by atoms with van der Waals surface area (Å²) in [5.74, 6) is 0. The normalized spacial score (nSPS) is 16.1. The maximum atomic E-state index is 12.9. The number of piperazine rings is 1. The van der Waals surface area contributed by atoms with Gasteiger partial charge in [-0.2, -0.15) is 4.31 Å². The van der Waals surface area contributed by atoms with Crippen molar-refractivity contribution in [2.45, 2.75) is 18.5 Å². The van der Waals surface area contributed by atoms with Crippen LogP contribution in [0, 0.1) is 6.92 Å². The Bertz CT molecular complexity index is 1180. The van der Waals surface area contributed by atoms with Gasteiger partial charge in [0.25, 0.3) is 0 Å². The number of aryl methyl sites for hydroxylation is 1. The summed E-state index contributed by atoms with van der Waals surface area (Å²) in [6.45, 7) is 4.20. The molecule has 9 heteroatoms. The molecule has 4 rings (SSSR count). The zero-order valence-corrected chi connectivity index (χ0v) is 18.2. The summed E-state index contributed by atoms with van der Waals surface area (Å²) in [7, 11) is -3.49. The molecule has 0 spiro atoms. The molecule has 158 valence electrons. The van der Waals surface area contributed by atoms with Crippen molar-refractivity contribution in [3.63, 3.8) is 0 Å². The number of hydrogen-bond acceptors (Lipinski definition) is 4. The molecule has 0 atom stereocenters. The molecule has 3 aromatic rings. The van der Waals surface area contributed by atoms with Gasteiger partial charge in [0.05, 0.1) is 17.3 Å². The van der Waals surface area contributed by atoms with Crippen LogP contribution in [0.4, 0.5) is 0 Å². The van der Waals surface area contributed by atoms with E-state index in [4.69, 9.17) is 11.6 Å². The smallest absolute Gasteiger partial charge is 0.285 e. The number of imidazole rings is 1. The summed E-state index contributed by atoms with van der Waals surface area (Å²) in [5, 5.41) is 0.618. The second-order valence-corrected chi connectivity index (χ2v) is 9.69. The van der Waals surface area contributed by atoms with Gasteiger partial charge in [-0.05, 0) is 43.3 Å². The van der Waals surface area contributed by atoms with Crippen molar-refractivity contribution in [1.82, 2.24) is 18.3 Å². The summed E-state index contributed by atoms with van der Waals surface area (Å²) in [5.41, 5.74) is 1.46. The Morgan fingerprint density at radius 1 is 0.933 bits per heavy atom. The van der Waals surface area contributed by atoms with E-state index in [2.05, 4.69) is 4.90 Å². The molecule has 0 unspecified atom stereocenters. The standard InChI is InChI=1S/C21H23ClN4O3S/c1-17-15-24(21(27)26(17)19-9-7-18(22)8-10-19)16-23-11-13-25(14-12-23)30(28,29)20-5-3-2-4-6-20/h2-10,15H,11-14,16H2,1H3. The summed E-state index contributed by atoms with van der Waals surface area (Å²) in [6.07, 6.45) is 1.82. The molecule has 0 saturated carbocycles. The van der Waals surface area contributed by atoms with Crippen molar-refractivity contribution in [3.05, 3.63) is 82.0 Å². The van der Waals surface area contributed by atoms with Crippen LogP contribution in [0.3, 0.4) is 0 Å². The van der Waals surface area contributed by atoms with E-state index in [1.807, 2.05) is 25.3 Å². The molecule has 2 aromatic carbocycles. The third-order valence-corrected chi connectivity index (χ3v) is 7.45. The SMILES string of the molecule is Cc1cn(CN2CCN(S(=O)(=O)c3ccccc3)CC2)c(=O)n1-c1ccc(Cl)cc1. The summed E-state index contributed by atoms with van der Waals surface area (Å²) in [4.78, 5) is 15.3. The van der Waals surface area contributed by atoms with Crippen molar-refractivity contribution in [3.8, 4) is 5.69 Å². The second kappa shape index (κ2) is 8.39. The van der Waals surface area contributed by atoms with Crippen LogP contribution in [0.15, 0.2) is 70.5 Å². The molecule has 0 radical (unpaired) electrons. The summed E-state index contributed by atoms with van der Waals surface area (Å²) in [6, 6.07) is 15.6. The van der Waals surface area contributed by atoms with Gasteiger partial charge in [0.15, 0.2) is 0 Å². The fourth-order valence-electron chi connectivity index (χ4n) is 3.69. The third-order valence-electron chi connectivity index (χ3n) is 5.28. The minimum atomic E-state index is -3.49. The molecular formula is C21H23ClN4O3S. The molecule has 0 bridgehead atoms. The van der Waals surface area contributed by atoms with Crippen LogP contribution >= 0.6 is 11.6 Å². The van der Waals surface area contributed by atoms with Crippen molar-refractivity contribution >= 4 is 21.6 Å². The molecule has 0 N–H and O–H groups in total. The van der Waals surface area contributed by atoms with E-state index in [1.165, 1.54) is 4.31 Å². The number of halogens is 1. The lowest BCUT2D eigenvalue weighted by molar-refractivity contribution is 0.150. The number of nitrogens with zero attached hydrogens (tertiary/aromatic N) is 4. The maximum absolute atomic E-state index is 12.9. The van der Waals surface area contributed by atoms with E-state index >= 15 is 0 Å². The van der Waals surface area contributed by atoms with Gasteiger partial charge in [0, 0.05) is 43.1 Å². The lowest BCUT2D eigenvalue weighted by Crippen LogP contribution is -2.49. The van der Waals surface area contributed by atoms with Crippen molar-refractivity contribution < 1.29 is 8.42 Å². The average molecular weight is 447 g/mol. The Balaban J connectivity index is 1.45. The van der Waals surface area contributed by atoms with Gasteiger partial charge in [-0.3, -0.25) is 14.0 Å². The van der Waals surface area contributed by atoms with Gasteiger partial charge >= 0.3 is 5.69 Å². The predicted molar refractivity (Wildman–Crippen MR) is 117 cm³/mol. The van der Waals surface area contributed by atoms with Gasteiger partial charge in [0.2, 0.25) is 10.0 Å². The van der Waals surface area contributed by atoms with Crippen LogP contribution in [-0.2, 0) is 16.7 Å². The highest BCUT2D eigenvalue weighted by Crippen LogP contribution is 2.18. The number of rotatable bonds is 5. The van der Waals surface area contributed by atoms with Crippen LogP contribution in [0.25, 0.3) is 5.69 Å². The van der Waals surface area contributed by atoms with Crippen LogP contribution in [-0.4, -0.2) is 52.9 Å². The average Bonchev–Trinajstić information content (AvgIpc) is 3.03. The minimum Gasteiger partial charge on any atom is -0.285 e. The highest BCUT2D eigenvalue weighted by molar-refractivity contribution is 7.89. The Labute approximate surface area is 180 Å². The van der Waals surface area contributed by atoms with Gasteiger partial charge in [-0.25, -0.2) is 13.2 Å². The fraction of sp³-hybridized carbons (Fsp3) is 0.286. The molecule has 2 heterocycles. The first-order valence-corrected chi connectivity index (χ1v) is 11.5. The monoisotopic (exact) mass is 446 g/mol. The topological polar surface area (TPSA) is 67.5 Å². The predicted octanol–water partition coefficient (Wildman–Crippen LogP) is 2.56. The van der Waals surface area contributed by atoms with E-state index in [-0.39, 0.29) is 5.69 Å². The van der Waals surface area contributed by atoms with Gasteiger partial charge in [-0.15, -0.1) is 0 Å². The molecule has 1 aromatic heterocycles. The zero-order valence-electron chi connectivity index (χ0n) is 16.6. The van der Waals surface area contributed by atoms with E-state index in [0.29, 0.717) is 42.8 Å². The van der Waals surface area contributed by atoms with Crippen LogP contribution < -0.4 is 5.69 Å². The van der Waals surface area contributed by atoms with E-state index in [9.17, 15) is 13.2 Å². The van der Waals surface area contributed by atoms with E-state index in [1.54, 1.807) is 51.6 Å². The van der Waals surface area contributed by atoms with Crippen LogP contribution in [0.5, 0.6) is 0 Å². The van der Waals surface area contributed by atoms with Crippen molar-refractivity contribution in [1.29, 1.82) is 0 Å². The van der Waals surface area contributed by atoms with E-state index in [0.717, 1.165) is 11.4 Å². The Hall–Kier alpha value is -2.39. The van der Waals surface area contributed by atoms with Crippen LogP contribution in [0.2, 0.25) is 5.02 Å². The molecule has 7 nitrogen and oxygen atoms in total. The number of hydrogen-bond donors (Lipinski definition) is 0. The molecule has 1 aliphatic heterocycles. The molecule has 0 amide bonds. The number of aromatic nitrogens is 2. The highest BCUT2D eigenvalue weighted by atomic mass is 35.5. The zero-order chi connectivity index (χ0) is 21.3. The lowest BCUT2D eigenvalue weighted by atomic mass is 10.3. The van der Waals surface area contributed by atoms with Crippen molar-refractivity contribution in [2.24, 2.45) is 0 Å². The first-order valence-electron chi connectivity index (χ1n) is 9.68.